The van der Waals surface area contributed by atoms with Crippen LogP contribution in [0.15, 0.2) is 231 Å². The number of hydrogen-bond donors (Lipinski definition) is 0. The molecule has 16 rings (SSSR count). The van der Waals surface area contributed by atoms with E-state index in [0.717, 1.165) is 11.4 Å². The minimum absolute atomic E-state index is 0.471. The van der Waals surface area contributed by atoms with Crippen molar-refractivity contribution in [2.24, 2.45) is 0 Å². The van der Waals surface area contributed by atoms with Gasteiger partial charge >= 0.3 is 0 Å². The largest absolute Gasteiger partial charge is 0.309 e. The summed E-state index contributed by atoms with van der Waals surface area (Å²) < 4.78 is 2.64. The average Bonchev–Trinajstić information content (AvgIpc) is 4.18. The molecule has 69 heavy (non-hydrogen) atoms. The van der Waals surface area contributed by atoms with E-state index in [-0.39, 0.29) is 0 Å². The number of hydrogen-bond acceptors (Lipinski definition) is 2. The fraction of sp³-hybridized carbons (Fsp3) is 0.0448. The van der Waals surface area contributed by atoms with Crippen molar-refractivity contribution in [3.8, 4) is 44.5 Å². The van der Waals surface area contributed by atoms with Crippen LogP contribution in [0.1, 0.15) is 50.1 Å². The summed E-state index contributed by atoms with van der Waals surface area (Å²) in [5.74, 6) is 0. The SMILES string of the molecule is Cc1cc2ccccc2c2c1sc1c(N(c3ccc4c(c3)C3(c5ccccc5-c5ccccc53)c3ccccc3-4)c3ccc4c(c3)C3(c5ccccc5-c5ccccc53)c3ccccc3-4)cccc12. The third-order valence-corrected chi connectivity index (χ3v) is 17.7. The molecule has 2 heteroatoms. The van der Waals surface area contributed by atoms with Crippen LogP contribution in [0.2, 0.25) is 0 Å². The second-order valence-electron chi connectivity index (χ2n) is 19.4. The number of nitrogens with zero attached hydrogens (tertiary/aromatic N) is 1. The predicted octanol–water partition coefficient (Wildman–Crippen LogP) is 17.7. The molecule has 1 aromatic heterocycles. The van der Waals surface area contributed by atoms with Crippen LogP contribution >= 0.6 is 11.3 Å². The zero-order chi connectivity index (χ0) is 45.2. The highest BCUT2D eigenvalue weighted by molar-refractivity contribution is 7.26. The van der Waals surface area contributed by atoms with Crippen molar-refractivity contribution < 1.29 is 0 Å². The van der Waals surface area contributed by atoms with Gasteiger partial charge in [0.25, 0.3) is 0 Å². The van der Waals surface area contributed by atoms with E-state index in [1.165, 1.54) is 131 Å². The molecule has 11 aromatic carbocycles. The van der Waals surface area contributed by atoms with Gasteiger partial charge in [0, 0.05) is 26.8 Å². The summed E-state index contributed by atoms with van der Waals surface area (Å²) in [4.78, 5) is 2.60. The lowest BCUT2D eigenvalue weighted by Gasteiger charge is -2.33. The first-order valence-corrected chi connectivity index (χ1v) is 25.0. The Morgan fingerprint density at radius 2 is 0.696 bits per heavy atom. The van der Waals surface area contributed by atoms with Crippen molar-refractivity contribution in [2.45, 2.75) is 17.8 Å². The van der Waals surface area contributed by atoms with Crippen LogP contribution in [0.4, 0.5) is 17.1 Å². The predicted molar refractivity (Wildman–Crippen MR) is 289 cm³/mol. The van der Waals surface area contributed by atoms with Crippen LogP contribution in [0.3, 0.4) is 0 Å². The molecule has 12 aromatic rings. The van der Waals surface area contributed by atoms with Crippen molar-refractivity contribution in [1.82, 2.24) is 0 Å². The molecule has 0 bridgehead atoms. The fourth-order valence-electron chi connectivity index (χ4n) is 13.8. The van der Waals surface area contributed by atoms with Gasteiger partial charge in [0.1, 0.15) is 0 Å². The van der Waals surface area contributed by atoms with Gasteiger partial charge in [-0.1, -0.05) is 194 Å². The number of thiophene rings is 1. The van der Waals surface area contributed by atoms with Crippen LogP contribution in [0.5, 0.6) is 0 Å². The van der Waals surface area contributed by atoms with Crippen LogP contribution in [0.25, 0.3) is 75.5 Å². The van der Waals surface area contributed by atoms with Gasteiger partial charge in [-0.15, -0.1) is 11.3 Å². The van der Waals surface area contributed by atoms with E-state index >= 15 is 0 Å². The average molecular weight is 892 g/mol. The normalized spacial score (nSPS) is 14.4. The fourth-order valence-corrected chi connectivity index (χ4v) is 15.1. The molecule has 4 aliphatic carbocycles. The van der Waals surface area contributed by atoms with Crippen molar-refractivity contribution in [1.29, 1.82) is 0 Å². The molecule has 0 radical (unpaired) electrons. The zero-order valence-corrected chi connectivity index (χ0v) is 38.6. The van der Waals surface area contributed by atoms with E-state index < -0.39 is 10.8 Å². The molecule has 0 N–H and O–H groups in total. The molecule has 1 nitrogen and oxygen atoms in total. The first-order chi connectivity index (χ1) is 34.2. The van der Waals surface area contributed by atoms with Crippen LogP contribution in [0, 0.1) is 6.92 Å². The molecular formula is C67H41NS. The highest BCUT2D eigenvalue weighted by atomic mass is 32.1. The quantitative estimate of drug-likeness (QED) is 0.171. The molecule has 0 atom stereocenters. The Bertz CT molecular complexity index is 3920. The van der Waals surface area contributed by atoms with Crippen molar-refractivity contribution in [3.05, 3.63) is 281 Å². The van der Waals surface area contributed by atoms with Crippen LogP contribution < -0.4 is 4.90 Å². The van der Waals surface area contributed by atoms with Gasteiger partial charge in [0.15, 0.2) is 0 Å². The number of aryl methyl sites for hydroxylation is 1. The van der Waals surface area contributed by atoms with Crippen LogP contribution in [-0.2, 0) is 10.8 Å². The molecule has 1 heterocycles. The number of benzene rings is 11. The number of anilines is 3. The maximum Gasteiger partial charge on any atom is 0.0726 e. The lowest BCUT2D eigenvalue weighted by molar-refractivity contribution is 0.792. The van der Waals surface area contributed by atoms with Gasteiger partial charge in [-0.25, -0.2) is 0 Å². The monoisotopic (exact) mass is 891 g/mol. The van der Waals surface area contributed by atoms with Gasteiger partial charge in [0.2, 0.25) is 0 Å². The van der Waals surface area contributed by atoms with Crippen molar-refractivity contribution in [3.63, 3.8) is 0 Å². The molecule has 0 saturated carbocycles. The standard InChI is InChI=1S/C67H41NS/c1-40-37-41-17-2-3-18-44(41)63-53-25-16-32-62(65(53)69-64(40)63)68(42-33-35-51-49-23-8-14-30-58(49)66(60(51)38-42)54-26-10-4-19-45(54)46-20-5-11-27-55(46)66)43-34-36-52-50-24-9-15-31-59(50)67(61(52)39-43)56-28-12-6-21-47(56)48-22-7-13-29-57(48)67/h2-39H,1H3. The summed E-state index contributed by atoms with van der Waals surface area (Å²) in [5.41, 5.74) is 25.1. The Morgan fingerprint density at radius 1 is 0.319 bits per heavy atom. The molecule has 2 spiro atoms. The van der Waals surface area contributed by atoms with Gasteiger partial charge in [-0.05, 0) is 149 Å². The summed E-state index contributed by atoms with van der Waals surface area (Å²) in [6, 6.07) is 87.9. The minimum Gasteiger partial charge on any atom is -0.309 e. The Morgan fingerprint density at radius 3 is 1.14 bits per heavy atom. The Balaban J connectivity index is 1.01. The van der Waals surface area contributed by atoms with E-state index in [2.05, 4.69) is 242 Å². The number of rotatable bonds is 3. The lowest BCUT2D eigenvalue weighted by Crippen LogP contribution is -2.26. The third-order valence-electron chi connectivity index (χ3n) is 16.4. The summed E-state index contributed by atoms with van der Waals surface area (Å²) in [6.07, 6.45) is 0. The van der Waals surface area contributed by atoms with E-state index in [9.17, 15) is 0 Å². The van der Waals surface area contributed by atoms with Gasteiger partial charge < -0.3 is 4.90 Å². The topological polar surface area (TPSA) is 3.24 Å². The molecular weight excluding hydrogens is 851 g/mol. The first-order valence-electron chi connectivity index (χ1n) is 24.2. The van der Waals surface area contributed by atoms with Gasteiger partial charge in [-0.3, -0.25) is 0 Å². The molecule has 0 aliphatic heterocycles. The maximum atomic E-state index is 2.60. The van der Waals surface area contributed by atoms with Crippen LogP contribution in [-0.4, -0.2) is 0 Å². The highest BCUT2D eigenvalue weighted by Gasteiger charge is 2.53. The van der Waals surface area contributed by atoms with E-state index in [1.54, 1.807) is 0 Å². The Labute approximate surface area is 404 Å². The maximum absolute atomic E-state index is 2.60. The lowest BCUT2D eigenvalue weighted by atomic mass is 9.70. The van der Waals surface area contributed by atoms with Crippen molar-refractivity contribution in [2.75, 3.05) is 4.90 Å². The molecule has 320 valence electrons. The smallest absolute Gasteiger partial charge is 0.0726 e. The zero-order valence-electron chi connectivity index (χ0n) is 37.8. The second-order valence-corrected chi connectivity index (χ2v) is 20.5. The van der Waals surface area contributed by atoms with Gasteiger partial charge in [-0.2, -0.15) is 0 Å². The molecule has 4 aliphatic rings. The Hall–Kier alpha value is -8.30. The van der Waals surface area contributed by atoms with Gasteiger partial charge in [0.05, 0.1) is 21.2 Å². The minimum atomic E-state index is -0.471. The summed E-state index contributed by atoms with van der Waals surface area (Å²) in [5, 5.41) is 5.23. The summed E-state index contributed by atoms with van der Waals surface area (Å²) in [6.45, 7) is 2.28. The summed E-state index contributed by atoms with van der Waals surface area (Å²) in [7, 11) is 0. The molecule has 0 amide bonds. The molecule has 0 unspecified atom stereocenters. The third kappa shape index (κ3) is 4.56. The highest BCUT2D eigenvalue weighted by Crippen LogP contribution is 2.66. The Kier molecular flexibility index (Phi) is 7.36. The van der Waals surface area contributed by atoms with Crippen molar-refractivity contribution >= 4 is 59.3 Å². The summed E-state index contributed by atoms with van der Waals surface area (Å²) >= 11 is 1.94. The van der Waals surface area contributed by atoms with E-state index in [0.29, 0.717) is 0 Å². The second kappa shape index (κ2) is 13.4. The van der Waals surface area contributed by atoms with E-state index in [4.69, 9.17) is 0 Å². The molecule has 0 fully saturated rings. The number of fused-ring (bicyclic) bond motifs is 25. The molecule has 0 saturated heterocycles. The first kappa shape index (κ1) is 37.8. The van der Waals surface area contributed by atoms with E-state index in [1.807, 2.05) is 11.3 Å².